The molecule has 28 heavy (non-hydrogen) atoms. The fourth-order valence-electron chi connectivity index (χ4n) is 3.64. The predicted octanol–water partition coefficient (Wildman–Crippen LogP) is 1.91. The third-order valence-corrected chi connectivity index (χ3v) is 5.17. The Bertz CT molecular complexity index is 735. The Morgan fingerprint density at radius 2 is 2.00 bits per heavy atom. The zero-order valence-electron chi connectivity index (χ0n) is 17.1. The van der Waals surface area contributed by atoms with Crippen molar-refractivity contribution in [1.29, 1.82) is 0 Å². The first-order chi connectivity index (χ1) is 13.4. The van der Waals surface area contributed by atoms with E-state index in [1.54, 1.807) is 4.90 Å². The summed E-state index contributed by atoms with van der Waals surface area (Å²) < 4.78 is 5.46. The lowest BCUT2D eigenvalue weighted by atomic mass is 10.0. The Morgan fingerprint density at radius 3 is 2.57 bits per heavy atom. The Hall–Kier alpha value is -2.16. The van der Waals surface area contributed by atoms with E-state index >= 15 is 0 Å². The number of likely N-dealkylation sites (N-methyl/N-ethyl adjacent to an activating group) is 1. The number of nitrogens with one attached hydrogen (secondary N) is 2. The van der Waals surface area contributed by atoms with Crippen LogP contribution in [0, 0.1) is 5.92 Å². The van der Waals surface area contributed by atoms with Gasteiger partial charge in [-0.2, -0.15) is 0 Å². The monoisotopic (exact) mass is 389 g/mol. The molecule has 0 saturated heterocycles. The van der Waals surface area contributed by atoms with Crippen molar-refractivity contribution in [1.82, 2.24) is 10.7 Å². The number of nitrogens with two attached hydrogens (primary N) is 1. The van der Waals surface area contributed by atoms with Gasteiger partial charge in [-0.15, -0.1) is 0 Å². The maximum absolute atomic E-state index is 12.9. The van der Waals surface area contributed by atoms with Crippen molar-refractivity contribution in [3.05, 3.63) is 23.8 Å². The second-order valence-corrected chi connectivity index (χ2v) is 7.90. The number of fused-ring (bicyclic) bond motifs is 1. The minimum Gasteiger partial charge on any atom is -0.446 e. The topological polar surface area (TPSA) is 99.9 Å². The molecule has 1 fully saturated rings. The average molecular weight is 390 g/mol. The van der Waals surface area contributed by atoms with Crippen LogP contribution >= 0.6 is 0 Å². The summed E-state index contributed by atoms with van der Waals surface area (Å²) in [6, 6.07) is 5.56. The third kappa shape index (κ3) is 4.14. The molecule has 1 heterocycles. The van der Waals surface area contributed by atoms with Crippen molar-refractivity contribution in [2.75, 3.05) is 29.9 Å². The average Bonchev–Trinajstić information content (AvgIpc) is 3.49. The van der Waals surface area contributed by atoms with E-state index in [1.165, 1.54) is 0 Å². The first-order valence-electron chi connectivity index (χ1n) is 9.93. The zero-order chi connectivity index (χ0) is 20.4. The van der Waals surface area contributed by atoms with Crippen molar-refractivity contribution in [2.24, 2.45) is 11.8 Å². The standard InChI is InChI=1S/C20H31N5O3/c1-12(2)28-20(27)24-11-13(3)25(19(26)14-5-6-14)17-8-7-15(9-18(17)24)16(23-21)10-22-4/h7-9,12-14,16,22-23H,5-6,10-11,21H2,1-4H3/t13-,16?/m0/s1. The number of nitrogens with zero attached hydrogens (tertiary/aromatic N) is 2. The van der Waals surface area contributed by atoms with Gasteiger partial charge in [0.05, 0.1) is 29.6 Å². The van der Waals surface area contributed by atoms with Gasteiger partial charge in [0.25, 0.3) is 0 Å². The number of amides is 2. The molecule has 0 aromatic heterocycles. The fourth-order valence-corrected chi connectivity index (χ4v) is 3.64. The summed E-state index contributed by atoms with van der Waals surface area (Å²) in [4.78, 5) is 29.2. The van der Waals surface area contributed by atoms with Crippen molar-refractivity contribution >= 4 is 23.4 Å². The second kappa shape index (κ2) is 8.46. The Balaban J connectivity index is 2.02. The van der Waals surface area contributed by atoms with E-state index in [0.717, 1.165) is 24.1 Å². The maximum Gasteiger partial charge on any atom is 0.414 e. The molecule has 1 aromatic carbocycles. The highest BCUT2D eigenvalue weighted by atomic mass is 16.6. The number of ether oxygens (including phenoxy) is 1. The van der Waals surface area contributed by atoms with Crippen LogP contribution in [0.5, 0.6) is 0 Å². The molecule has 1 aliphatic heterocycles. The van der Waals surface area contributed by atoms with Gasteiger partial charge in [0.2, 0.25) is 5.91 Å². The van der Waals surface area contributed by atoms with E-state index in [9.17, 15) is 9.59 Å². The van der Waals surface area contributed by atoms with E-state index in [1.807, 2.05) is 50.9 Å². The Morgan fingerprint density at radius 1 is 1.29 bits per heavy atom. The van der Waals surface area contributed by atoms with Crippen LogP contribution in [-0.2, 0) is 9.53 Å². The van der Waals surface area contributed by atoms with Crippen LogP contribution in [0.4, 0.5) is 16.2 Å². The smallest absolute Gasteiger partial charge is 0.414 e. The van der Waals surface area contributed by atoms with Crippen LogP contribution in [0.3, 0.4) is 0 Å². The van der Waals surface area contributed by atoms with Gasteiger partial charge in [0.15, 0.2) is 0 Å². The van der Waals surface area contributed by atoms with E-state index < -0.39 is 6.09 Å². The fraction of sp³-hybridized carbons (Fsp3) is 0.600. The Labute approximate surface area is 166 Å². The van der Waals surface area contributed by atoms with Gasteiger partial charge in [0, 0.05) is 19.0 Å². The highest BCUT2D eigenvalue weighted by Gasteiger charge is 2.41. The lowest BCUT2D eigenvalue weighted by Gasteiger charge is -2.41. The number of rotatable bonds is 6. The molecular weight excluding hydrogens is 358 g/mol. The van der Waals surface area contributed by atoms with Gasteiger partial charge in [0.1, 0.15) is 0 Å². The maximum atomic E-state index is 12.9. The number of carbonyl (C=O) groups excluding carboxylic acids is 2. The molecule has 8 nitrogen and oxygen atoms in total. The molecular formula is C20H31N5O3. The number of benzene rings is 1. The van der Waals surface area contributed by atoms with E-state index in [-0.39, 0.29) is 30.0 Å². The number of hydrogen-bond acceptors (Lipinski definition) is 6. The van der Waals surface area contributed by atoms with Crippen molar-refractivity contribution < 1.29 is 14.3 Å². The van der Waals surface area contributed by atoms with Crippen LogP contribution in [0.2, 0.25) is 0 Å². The van der Waals surface area contributed by atoms with Crippen LogP contribution in [0.1, 0.15) is 45.2 Å². The van der Waals surface area contributed by atoms with Gasteiger partial charge in [-0.1, -0.05) is 6.07 Å². The first-order valence-corrected chi connectivity index (χ1v) is 9.93. The summed E-state index contributed by atoms with van der Waals surface area (Å²) in [6.45, 7) is 6.65. The number of carbonyl (C=O) groups is 2. The summed E-state index contributed by atoms with van der Waals surface area (Å²) in [5.41, 5.74) is 5.17. The molecule has 1 saturated carbocycles. The zero-order valence-corrected chi connectivity index (χ0v) is 17.1. The largest absolute Gasteiger partial charge is 0.446 e. The molecule has 154 valence electrons. The minimum absolute atomic E-state index is 0.104. The minimum atomic E-state index is -0.398. The van der Waals surface area contributed by atoms with Crippen molar-refractivity contribution in [3.63, 3.8) is 0 Å². The molecule has 0 spiro atoms. The van der Waals surface area contributed by atoms with Gasteiger partial charge < -0.3 is 15.0 Å². The predicted molar refractivity (Wildman–Crippen MR) is 109 cm³/mol. The first kappa shape index (κ1) is 20.6. The molecule has 2 aliphatic rings. The molecule has 0 radical (unpaired) electrons. The van der Waals surface area contributed by atoms with E-state index in [2.05, 4.69) is 10.7 Å². The number of hydrazine groups is 1. The summed E-state index contributed by atoms with van der Waals surface area (Å²) >= 11 is 0. The van der Waals surface area contributed by atoms with Gasteiger partial charge in [-0.05, 0) is 58.4 Å². The van der Waals surface area contributed by atoms with Gasteiger partial charge >= 0.3 is 6.09 Å². The molecule has 0 bridgehead atoms. The summed E-state index contributed by atoms with van der Waals surface area (Å²) in [7, 11) is 1.85. The summed E-state index contributed by atoms with van der Waals surface area (Å²) in [5, 5.41) is 3.10. The van der Waals surface area contributed by atoms with Crippen LogP contribution in [-0.4, -0.2) is 44.3 Å². The lowest BCUT2D eigenvalue weighted by Crippen LogP contribution is -2.53. The molecule has 4 N–H and O–H groups in total. The second-order valence-electron chi connectivity index (χ2n) is 7.90. The molecule has 1 aliphatic carbocycles. The van der Waals surface area contributed by atoms with Crippen LogP contribution < -0.4 is 26.4 Å². The Kier molecular flexibility index (Phi) is 6.22. The molecule has 8 heteroatoms. The summed E-state index contributed by atoms with van der Waals surface area (Å²) in [5.74, 6) is 5.96. The SMILES string of the molecule is CNCC(NN)c1ccc2c(c1)N(C(=O)OC(C)C)C[C@H](C)N2C(=O)C1CC1. The highest BCUT2D eigenvalue weighted by molar-refractivity contribution is 6.04. The normalized spacial score (nSPS) is 20.1. The lowest BCUT2D eigenvalue weighted by molar-refractivity contribution is -0.120. The van der Waals surface area contributed by atoms with Crippen molar-refractivity contribution in [3.8, 4) is 0 Å². The molecule has 3 rings (SSSR count). The number of hydrogen-bond donors (Lipinski definition) is 3. The van der Waals surface area contributed by atoms with Gasteiger partial charge in [-0.3, -0.25) is 21.0 Å². The molecule has 1 unspecified atom stereocenters. The highest BCUT2D eigenvalue weighted by Crippen LogP contribution is 2.41. The molecule has 1 aromatic rings. The van der Waals surface area contributed by atoms with Crippen molar-refractivity contribution in [2.45, 2.75) is 51.8 Å². The number of anilines is 2. The molecule has 2 amide bonds. The van der Waals surface area contributed by atoms with Crippen LogP contribution in [0.25, 0.3) is 0 Å². The van der Waals surface area contributed by atoms with E-state index in [4.69, 9.17) is 10.6 Å². The summed E-state index contributed by atoms with van der Waals surface area (Å²) in [6.07, 6.45) is 1.26. The van der Waals surface area contributed by atoms with E-state index in [0.29, 0.717) is 18.8 Å². The quantitative estimate of drug-likeness (QED) is 0.508. The van der Waals surface area contributed by atoms with Gasteiger partial charge in [-0.25, -0.2) is 4.79 Å². The third-order valence-electron chi connectivity index (χ3n) is 5.17. The van der Waals surface area contributed by atoms with Crippen LogP contribution in [0.15, 0.2) is 18.2 Å². The molecule has 2 atom stereocenters.